The Kier molecular flexibility index (Phi) is 5.45. The van der Waals surface area contributed by atoms with Crippen molar-refractivity contribution < 1.29 is 0 Å². The summed E-state index contributed by atoms with van der Waals surface area (Å²) in [5.74, 6) is 0. The van der Waals surface area contributed by atoms with Crippen LogP contribution in [0.2, 0.25) is 0 Å². The van der Waals surface area contributed by atoms with Gasteiger partial charge in [-0.15, -0.1) is 0 Å². The molecule has 2 aromatic heterocycles. The standard InChI is InChI=1S/C42H26N2/c1-5-19-39-35(15-1)36-16-2-6-20-40(36)43(39)33-13-9-11-31(27-33)29-23-25-30(26-24-29)32-12-10-14-34(28-32)44-41-21-7-3-17-37(41)38-18-4-8-22-42(38)44/h1-23,25,27-28H. The minimum Gasteiger partial charge on any atom is -0.309 e. The van der Waals surface area contributed by atoms with Crippen molar-refractivity contribution in [3.05, 3.63) is 180 Å². The van der Waals surface area contributed by atoms with Crippen LogP contribution >= 0.6 is 0 Å². The van der Waals surface area contributed by atoms with Crippen molar-refractivity contribution in [1.82, 2.24) is 9.13 Å². The van der Waals surface area contributed by atoms with Gasteiger partial charge in [0.05, 0.1) is 22.1 Å². The van der Waals surface area contributed by atoms with E-state index in [9.17, 15) is 0 Å². The highest BCUT2D eigenvalue weighted by Gasteiger charge is 2.14. The van der Waals surface area contributed by atoms with Gasteiger partial charge >= 0.3 is 0 Å². The van der Waals surface area contributed by atoms with Crippen molar-refractivity contribution in [1.29, 1.82) is 0 Å². The van der Waals surface area contributed by atoms with Crippen LogP contribution in [0.25, 0.3) is 66.1 Å². The number of hydrogen-bond acceptors (Lipinski definition) is 0. The predicted octanol–water partition coefficient (Wildman–Crippen LogP) is 10.7. The van der Waals surface area contributed by atoms with Gasteiger partial charge in [-0.25, -0.2) is 0 Å². The largest absolute Gasteiger partial charge is 0.309 e. The Bertz CT molecular complexity index is 2290. The van der Waals surface area contributed by atoms with E-state index >= 15 is 0 Å². The molecule has 0 fully saturated rings. The summed E-state index contributed by atoms with van der Waals surface area (Å²) < 4.78 is 4.71. The summed E-state index contributed by atoms with van der Waals surface area (Å²) in [7, 11) is 0. The highest BCUT2D eigenvalue weighted by Crippen LogP contribution is 2.35. The number of hydrogen-bond donors (Lipinski definition) is 0. The molecule has 2 nitrogen and oxygen atoms in total. The molecule has 0 saturated carbocycles. The molecule has 0 atom stereocenters. The topological polar surface area (TPSA) is 9.86 Å². The van der Waals surface area contributed by atoms with Gasteiger partial charge in [-0.2, -0.15) is 0 Å². The van der Waals surface area contributed by atoms with Gasteiger partial charge in [-0.3, -0.25) is 0 Å². The smallest absolute Gasteiger partial charge is 0.0541 e. The first-order chi connectivity index (χ1) is 21.8. The molecule has 0 spiro atoms. The van der Waals surface area contributed by atoms with Crippen LogP contribution in [-0.4, -0.2) is 9.13 Å². The maximum Gasteiger partial charge on any atom is 0.0541 e. The lowest BCUT2D eigenvalue weighted by molar-refractivity contribution is 1.18. The SMILES string of the molecule is C1=C=C(c2cccc(-n3c4ccccc4c4ccccc43)c2)C=CC=1c1cccc(-n2c3ccccc3c3ccccc32)c1. The molecule has 204 valence electrons. The summed E-state index contributed by atoms with van der Waals surface area (Å²) in [5.41, 5.74) is 18.3. The fourth-order valence-electron chi connectivity index (χ4n) is 6.75. The molecule has 0 saturated heterocycles. The van der Waals surface area contributed by atoms with Crippen LogP contribution in [0.4, 0.5) is 0 Å². The molecule has 6 aromatic carbocycles. The Morgan fingerprint density at radius 2 is 0.682 bits per heavy atom. The number of benzene rings is 6. The first-order valence-electron chi connectivity index (χ1n) is 15.0. The molecular formula is C42H26N2. The van der Waals surface area contributed by atoms with E-state index in [0.717, 1.165) is 33.6 Å². The van der Waals surface area contributed by atoms with Gasteiger partial charge in [-0.1, -0.05) is 109 Å². The van der Waals surface area contributed by atoms with Crippen molar-refractivity contribution in [2.24, 2.45) is 0 Å². The van der Waals surface area contributed by atoms with Crippen LogP contribution in [0.5, 0.6) is 0 Å². The number of allylic oxidation sites excluding steroid dienone is 4. The van der Waals surface area contributed by atoms with Crippen LogP contribution < -0.4 is 0 Å². The molecular weight excluding hydrogens is 532 g/mol. The van der Waals surface area contributed by atoms with E-state index in [1.807, 2.05) is 0 Å². The normalized spacial score (nSPS) is 12.8. The van der Waals surface area contributed by atoms with Crippen molar-refractivity contribution in [3.8, 4) is 11.4 Å². The average Bonchev–Trinajstić information content (AvgIpc) is 3.62. The Balaban J connectivity index is 1.14. The van der Waals surface area contributed by atoms with Gasteiger partial charge in [0.15, 0.2) is 0 Å². The molecule has 2 heteroatoms. The van der Waals surface area contributed by atoms with Crippen molar-refractivity contribution in [3.63, 3.8) is 0 Å². The summed E-state index contributed by atoms with van der Waals surface area (Å²) in [6.07, 6.45) is 4.31. The first-order valence-corrected chi connectivity index (χ1v) is 15.0. The van der Waals surface area contributed by atoms with Crippen molar-refractivity contribution in [2.45, 2.75) is 0 Å². The Hall–Kier alpha value is -6.04. The fourth-order valence-corrected chi connectivity index (χ4v) is 6.75. The molecule has 9 rings (SSSR count). The summed E-state index contributed by atoms with van der Waals surface area (Å²) in [6, 6.07) is 51.9. The van der Waals surface area contributed by atoms with E-state index in [2.05, 4.69) is 178 Å². The second-order valence-corrected chi connectivity index (χ2v) is 11.3. The number of para-hydroxylation sites is 4. The quantitative estimate of drug-likeness (QED) is 0.190. The summed E-state index contributed by atoms with van der Waals surface area (Å²) in [6.45, 7) is 0. The molecule has 2 heterocycles. The van der Waals surface area contributed by atoms with Crippen LogP contribution in [0.3, 0.4) is 0 Å². The number of aromatic nitrogens is 2. The average molecular weight is 559 g/mol. The minimum atomic E-state index is 1.02. The lowest BCUT2D eigenvalue weighted by atomic mass is 9.98. The fraction of sp³-hybridized carbons (Fsp3) is 0. The zero-order chi connectivity index (χ0) is 29.0. The van der Waals surface area contributed by atoms with E-state index in [1.54, 1.807) is 0 Å². The zero-order valence-electron chi connectivity index (χ0n) is 23.9. The maximum absolute atomic E-state index is 3.47. The molecule has 44 heavy (non-hydrogen) atoms. The zero-order valence-corrected chi connectivity index (χ0v) is 23.9. The summed E-state index contributed by atoms with van der Waals surface area (Å²) in [4.78, 5) is 0. The molecule has 0 amide bonds. The minimum absolute atomic E-state index is 1.02. The Labute approximate surface area is 255 Å². The van der Waals surface area contributed by atoms with E-state index in [-0.39, 0.29) is 0 Å². The van der Waals surface area contributed by atoms with E-state index < -0.39 is 0 Å². The second-order valence-electron chi connectivity index (χ2n) is 11.3. The lowest BCUT2D eigenvalue weighted by Gasteiger charge is -2.12. The molecule has 0 bridgehead atoms. The van der Waals surface area contributed by atoms with Crippen molar-refractivity contribution in [2.75, 3.05) is 0 Å². The van der Waals surface area contributed by atoms with Crippen LogP contribution in [0.1, 0.15) is 11.1 Å². The summed E-state index contributed by atoms with van der Waals surface area (Å²) in [5, 5.41) is 5.06. The third kappa shape index (κ3) is 3.77. The first kappa shape index (κ1) is 24.5. The van der Waals surface area contributed by atoms with E-state index in [0.29, 0.717) is 0 Å². The van der Waals surface area contributed by atoms with Gasteiger partial charge < -0.3 is 9.13 Å². The highest BCUT2D eigenvalue weighted by molar-refractivity contribution is 6.10. The second kappa shape index (κ2) is 9.76. The van der Waals surface area contributed by atoms with E-state index in [1.165, 1.54) is 43.6 Å². The third-order valence-electron chi connectivity index (χ3n) is 8.74. The number of fused-ring (bicyclic) bond motifs is 6. The number of rotatable bonds is 4. The molecule has 1 aliphatic carbocycles. The third-order valence-corrected chi connectivity index (χ3v) is 8.74. The molecule has 0 unspecified atom stereocenters. The van der Waals surface area contributed by atoms with Crippen LogP contribution in [0, 0.1) is 0 Å². The Morgan fingerprint density at radius 1 is 0.341 bits per heavy atom. The van der Waals surface area contributed by atoms with Gasteiger partial charge in [-0.05, 0) is 71.8 Å². The monoisotopic (exact) mass is 558 g/mol. The van der Waals surface area contributed by atoms with Gasteiger partial charge in [0.1, 0.15) is 0 Å². The molecule has 0 N–H and O–H groups in total. The van der Waals surface area contributed by atoms with Crippen LogP contribution in [0.15, 0.2) is 169 Å². The van der Waals surface area contributed by atoms with E-state index in [4.69, 9.17) is 0 Å². The lowest BCUT2D eigenvalue weighted by Crippen LogP contribution is -1.95. The highest BCUT2D eigenvalue weighted by atomic mass is 15.0. The van der Waals surface area contributed by atoms with Crippen LogP contribution in [-0.2, 0) is 0 Å². The Morgan fingerprint density at radius 3 is 1.02 bits per heavy atom. The van der Waals surface area contributed by atoms with Gasteiger partial charge in [0.2, 0.25) is 0 Å². The molecule has 0 radical (unpaired) electrons. The van der Waals surface area contributed by atoms with Gasteiger partial charge in [0.25, 0.3) is 0 Å². The number of nitrogens with zero attached hydrogens (tertiary/aromatic N) is 2. The van der Waals surface area contributed by atoms with Crippen molar-refractivity contribution >= 4 is 54.8 Å². The predicted molar refractivity (Wildman–Crippen MR) is 185 cm³/mol. The maximum atomic E-state index is 3.47. The molecule has 8 aromatic rings. The molecule has 0 aliphatic heterocycles. The molecule has 1 aliphatic rings. The summed E-state index contributed by atoms with van der Waals surface area (Å²) >= 11 is 0. The van der Waals surface area contributed by atoms with Gasteiger partial charge in [0, 0.05) is 44.1 Å².